The fourth-order valence-electron chi connectivity index (χ4n) is 2.47. The molecular formula is C19H20ClN3O2S. The van der Waals surface area contributed by atoms with Crippen LogP contribution in [0.15, 0.2) is 48.5 Å². The Morgan fingerprint density at radius 2 is 2.00 bits per heavy atom. The molecule has 0 aliphatic carbocycles. The standard InChI is InChI=1S/C19H20ClN3O2S/c1-23(13-19-22-16-4-2-3-5-17(16)26-19)12-18(24)21-10-11-25-15-8-6-14(20)7-9-15/h2-9H,10-13H2,1H3,(H,21,24). The summed E-state index contributed by atoms with van der Waals surface area (Å²) < 4.78 is 6.72. The summed E-state index contributed by atoms with van der Waals surface area (Å²) in [6.45, 7) is 1.83. The first-order valence-corrected chi connectivity index (χ1v) is 9.47. The average molecular weight is 390 g/mol. The summed E-state index contributed by atoms with van der Waals surface area (Å²) in [5, 5.41) is 4.53. The number of thiazole rings is 1. The van der Waals surface area contributed by atoms with Gasteiger partial charge in [-0.2, -0.15) is 0 Å². The molecule has 1 amide bonds. The SMILES string of the molecule is CN(CC(=O)NCCOc1ccc(Cl)cc1)Cc1nc2ccccc2s1. The normalized spacial score (nSPS) is 11.0. The number of nitrogens with one attached hydrogen (secondary N) is 1. The Bertz CT molecular complexity index is 834. The number of ether oxygens (including phenoxy) is 1. The van der Waals surface area contributed by atoms with Crippen molar-refractivity contribution in [1.82, 2.24) is 15.2 Å². The second-order valence-electron chi connectivity index (χ2n) is 5.90. The van der Waals surface area contributed by atoms with Crippen LogP contribution >= 0.6 is 22.9 Å². The summed E-state index contributed by atoms with van der Waals surface area (Å²) in [6, 6.07) is 15.2. The van der Waals surface area contributed by atoms with Gasteiger partial charge >= 0.3 is 0 Å². The van der Waals surface area contributed by atoms with E-state index < -0.39 is 0 Å². The first-order valence-electron chi connectivity index (χ1n) is 8.28. The Morgan fingerprint density at radius 3 is 2.77 bits per heavy atom. The number of hydrogen-bond acceptors (Lipinski definition) is 5. The van der Waals surface area contributed by atoms with Crippen LogP contribution in [0, 0.1) is 0 Å². The number of aromatic nitrogens is 1. The van der Waals surface area contributed by atoms with Crippen molar-refractivity contribution < 1.29 is 9.53 Å². The number of fused-ring (bicyclic) bond motifs is 1. The van der Waals surface area contributed by atoms with E-state index in [0.29, 0.717) is 31.3 Å². The van der Waals surface area contributed by atoms with Gasteiger partial charge in [0.2, 0.25) is 5.91 Å². The third kappa shape index (κ3) is 5.42. The second kappa shape index (κ2) is 8.98. The minimum atomic E-state index is -0.0340. The molecule has 0 fully saturated rings. The highest BCUT2D eigenvalue weighted by atomic mass is 35.5. The number of carbonyl (C=O) groups excluding carboxylic acids is 1. The number of nitrogens with zero attached hydrogens (tertiary/aromatic N) is 2. The lowest BCUT2D eigenvalue weighted by atomic mass is 10.3. The maximum absolute atomic E-state index is 12.0. The zero-order chi connectivity index (χ0) is 18.4. The summed E-state index contributed by atoms with van der Waals surface area (Å²) in [7, 11) is 1.91. The Balaban J connectivity index is 1.37. The summed E-state index contributed by atoms with van der Waals surface area (Å²) >= 11 is 7.48. The van der Waals surface area contributed by atoms with Crippen molar-refractivity contribution in [2.75, 3.05) is 26.7 Å². The van der Waals surface area contributed by atoms with Gasteiger partial charge in [-0.1, -0.05) is 23.7 Å². The smallest absolute Gasteiger partial charge is 0.234 e. The van der Waals surface area contributed by atoms with Crippen molar-refractivity contribution in [3.8, 4) is 5.75 Å². The molecule has 136 valence electrons. The van der Waals surface area contributed by atoms with E-state index in [1.54, 1.807) is 35.6 Å². The molecule has 3 aromatic rings. The van der Waals surface area contributed by atoms with Gasteiger partial charge in [0.05, 0.1) is 29.9 Å². The number of amides is 1. The predicted octanol–water partition coefficient (Wildman–Crippen LogP) is 3.58. The van der Waals surface area contributed by atoms with Crippen LogP contribution in [0.3, 0.4) is 0 Å². The van der Waals surface area contributed by atoms with Gasteiger partial charge in [-0.3, -0.25) is 9.69 Å². The minimum absolute atomic E-state index is 0.0340. The number of hydrogen-bond donors (Lipinski definition) is 1. The van der Waals surface area contributed by atoms with Gasteiger partial charge in [0.1, 0.15) is 17.4 Å². The fraction of sp³-hybridized carbons (Fsp3) is 0.263. The van der Waals surface area contributed by atoms with E-state index in [9.17, 15) is 4.79 Å². The molecule has 0 saturated carbocycles. The van der Waals surface area contributed by atoms with E-state index >= 15 is 0 Å². The third-order valence-electron chi connectivity index (χ3n) is 3.66. The molecule has 1 aromatic heterocycles. The quantitative estimate of drug-likeness (QED) is 0.598. The van der Waals surface area contributed by atoms with Crippen molar-refractivity contribution in [2.24, 2.45) is 0 Å². The first-order chi connectivity index (χ1) is 12.6. The average Bonchev–Trinajstić information content (AvgIpc) is 3.02. The molecule has 0 aliphatic rings. The predicted molar refractivity (Wildman–Crippen MR) is 106 cm³/mol. The van der Waals surface area contributed by atoms with E-state index in [0.717, 1.165) is 16.3 Å². The van der Waals surface area contributed by atoms with Crippen molar-refractivity contribution in [3.05, 3.63) is 58.6 Å². The lowest BCUT2D eigenvalue weighted by molar-refractivity contribution is -0.122. The molecule has 0 saturated heterocycles. The highest BCUT2D eigenvalue weighted by Crippen LogP contribution is 2.22. The van der Waals surface area contributed by atoms with Crippen LogP contribution in [0.2, 0.25) is 5.02 Å². The highest BCUT2D eigenvalue weighted by Gasteiger charge is 2.10. The van der Waals surface area contributed by atoms with E-state index in [1.165, 1.54) is 4.70 Å². The Kier molecular flexibility index (Phi) is 6.44. The van der Waals surface area contributed by atoms with Gasteiger partial charge < -0.3 is 10.1 Å². The Labute approximate surface area is 161 Å². The molecular weight excluding hydrogens is 370 g/mol. The maximum Gasteiger partial charge on any atom is 0.234 e. The van der Waals surface area contributed by atoms with E-state index in [1.807, 2.05) is 30.1 Å². The summed E-state index contributed by atoms with van der Waals surface area (Å²) in [5.74, 6) is 0.699. The number of para-hydroxylation sites is 1. The molecule has 2 aromatic carbocycles. The maximum atomic E-state index is 12.0. The van der Waals surface area contributed by atoms with Gasteiger partial charge in [0.25, 0.3) is 0 Å². The lowest BCUT2D eigenvalue weighted by Gasteiger charge is -2.14. The second-order valence-corrected chi connectivity index (χ2v) is 7.45. The van der Waals surface area contributed by atoms with Crippen LogP contribution in [0.1, 0.15) is 5.01 Å². The molecule has 7 heteroatoms. The largest absolute Gasteiger partial charge is 0.492 e. The van der Waals surface area contributed by atoms with Crippen LogP contribution in [-0.4, -0.2) is 42.5 Å². The lowest BCUT2D eigenvalue weighted by Crippen LogP contribution is -2.36. The van der Waals surface area contributed by atoms with Crippen LogP contribution in [-0.2, 0) is 11.3 Å². The highest BCUT2D eigenvalue weighted by molar-refractivity contribution is 7.18. The number of halogens is 1. The first kappa shape index (κ1) is 18.6. The summed E-state index contributed by atoms with van der Waals surface area (Å²) in [5.41, 5.74) is 1.00. The third-order valence-corrected chi connectivity index (χ3v) is 4.94. The summed E-state index contributed by atoms with van der Waals surface area (Å²) in [6.07, 6.45) is 0. The van der Waals surface area contributed by atoms with Crippen LogP contribution < -0.4 is 10.1 Å². The van der Waals surface area contributed by atoms with E-state index in [-0.39, 0.29) is 5.91 Å². The monoisotopic (exact) mass is 389 g/mol. The molecule has 0 atom stereocenters. The molecule has 1 N–H and O–H groups in total. The van der Waals surface area contributed by atoms with Crippen molar-refractivity contribution >= 4 is 39.1 Å². The molecule has 0 unspecified atom stereocenters. The Hall–Kier alpha value is -2.15. The van der Waals surface area contributed by atoms with Gasteiger partial charge in [-0.05, 0) is 43.4 Å². The molecule has 0 bridgehead atoms. The van der Waals surface area contributed by atoms with Crippen LogP contribution in [0.25, 0.3) is 10.2 Å². The van der Waals surface area contributed by atoms with Gasteiger partial charge in [-0.25, -0.2) is 4.98 Å². The zero-order valence-electron chi connectivity index (χ0n) is 14.4. The van der Waals surface area contributed by atoms with Crippen molar-refractivity contribution in [1.29, 1.82) is 0 Å². The molecule has 0 aliphatic heterocycles. The van der Waals surface area contributed by atoms with Crippen LogP contribution in [0.4, 0.5) is 0 Å². The molecule has 0 radical (unpaired) electrons. The van der Waals surface area contributed by atoms with Crippen molar-refractivity contribution in [3.63, 3.8) is 0 Å². The number of rotatable bonds is 8. The Morgan fingerprint density at radius 1 is 1.23 bits per heavy atom. The number of benzene rings is 2. The van der Waals surface area contributed by atoms with Gasteiger partial charge in [-0.15, -0.1) is 11.3 Å². The van der Waals surface area contributed by atoms with Gasteiger partial charge in [0.15, 0.2) is 0 Å². The molecule has 1 heterocycles. The van der Waals surface area contributed by atoms with E-state index in [4.69, 9.17) is 16.3 Å². The summed E-state index contributed by atoms with van der Waals surface area (Å²) in [4.78, 5) is 18.6. The fourth-order valence-corrected chi connectivity index (χ4v) is 3.64. The molecule has 3 rings (SSSR count). The molecule has 26 heavy (non-hydrogen) atoms. The molecule has 5 nitrogen and oxygen atoms in total. The van der Waals surface area contributed by atoms with Crippen LogP contribution in [0.5, 0.6) is 5.75 Å². The topological polar surface area (TPSA) is 54.5 Å². The number of likely N-dealkylation sites (N-methyl/N-ethyl adjacent to an activating group) is 1. The number of carbonyl (C=O) groups is 1. The zero-order valence-corrected chi connectivity index (χ0v) is 16.0. The van der Waals surface area contributed by atoms with Gasteiger partial charge in [0, 0.05) is 5.02 Å². The minimum Gasteiger partial charge on any atom is -0.492 e. The molecule has 0 spiro atoms. The van der Waals surface area contributed by atoms with E-state index in [2.05, 4.69) is 16.4 Å². The van der Waals surface area contributed by atoms with Crippen molar-refractivity contribution in [2.45, 2.75) is 6.54 Å².